The van der Waals surface area contributed by atoms with E-state index in [1.165, 1.54) is 0 Å². The SMILES string of the molecule is Cc1cccc(-c2ccccc2-c2ccc3ncc(C(=O)NCCN4CCOCC4)n3c2)n1. The number of imidazole rings is 1. The lowest BCUT2D eigenvalue weighted by Gasteiger charge is -2.26. The van der Waals surface area contributed by atoms with E-state index in [-0.39, 0.29) is 5.91 Å². The van der Waals surface area contributed by atoms with E-state index in [1.54, 1.807) is 6.20 Å². The van der Waals surface area contributed by atoms with Crippen molar-refractivity contribution in [2.24, 2.45) is 0 Å². The first-order valence-corrected chi connectivity index (χ1v) is 11.3. The van der Waals surface area contributed by atoms with Crippen molar-refractivity contribution in [3.63, 3.8) is 0 Å². The summed E-state index contributed by atoms with van der Waals surface area (Å²) >= 11 is 0. The predicted octanol–water partition coefficient (Wildman–Crippen LogP) is 3.43. The molecule has 1 aliphatic heterocycles. The van der Waals surface area contributed by atoms with Gasteiger partial charge in [-0.25, -0.2) is 4.98 Å². The van der Waals surface area contributed by atoms with Crippen LogP contribution in [0.2, 0.25) is 0 Å². The van der Waals surface area contributed by atoms with Gasteiger partial charge in [0.25, 0.3) is 5.91 Å². The number of ether oxygens (including phenoxy) is 1. The zero-order valence-corrected chi connectivity index (χ0v) is 18.7. The molecule has 1 aliphatic rings. The van der Waals surface area contributed by atoms with Gasteiger partial charge in [-0.3, -0.25) is 19.1 Å². The van der Waals surface area contributed by atoms with Gasteiger partial charge in [-0.1, -0.05) is 30.3 Å². The molecule has 0 unspecified atom stereocenters. The third-order valence-corrected chi connectivity index (χ3v) is 5.96. The third-order valence-electron chi connectivity index (χ3n) is 5.96. The Kier molecular flexibility index (Phi) is 6.15. The summed E-state index contributed by atoms with van der Waals surface area (Å²) in [6, 6.07) is 18.2. The van der Waals surface area contributed by atoms with Gasteiger partial charge in [0.05, 0.1) is 25.1 Å². The summed E-state index contributed by atoms with van der Waals surface area (Å²) in [7, 11) is 0. The van der Waals surface area contributed by atoms with Gasteiger partial charge in [0.15, 0.2) is 0 Å². The van der Waals surface area contributed by atoms with Gasteiger partial charge < -0.3 is 10.1 Å². The first-order valence-electron chi connectivity index (χ1n) is 11.3. The Morgan fingerprint density at radius 3 is 2.67 bits per heavy atom. The lowest BCUT2D eigenvalue weighted by Crippen LogP contribution is -2.41. The van der Waals surface area contributed by atoms with Crippen molar-refractivity contribution in [3.8, 4) is 22.4 Å². The maximum Gasteiger partial charge on any atom is 0.269 e. The molecule has 4 heterocycles. The van der Waals surface area contributed by atoms with Gasteiger partial charge in [0.2, 0.25) is 0 Å². The van der Waals surface area contributed by atoms with Crippen LogP contribution in [0.3, 0.4) is 0 Å². The lowest BCUT2D eigenvalue weighted by atomic mass is 9.98. The largest absolute Gasteiger partial charge is 0.379 e. The number of aryl methyl sites for hydroxylation is 1. The molecule has 0 radical (unpaired) electrons. The van der Waals surface area contributed by atoms with E-state index < -0.39 is 0 Å². The van der Waals surface area contributed by atoms with E-state index in [0.29, 0.717) is 12.2 Å². The second kappa shape index (κ2) is 9.52. The van der Waals surface area contributed by atoms with E-state index in [0.717, 1.165) is 66.6 Å². The highest BCUT2D eigenvalue weighted by Gasteiger charge is 2.15. The molecule has 0 bridgehead atoms. The van der Waals surface area contributed by atoms with Crippen molar-refractivity contribution in [2.75, 3.05) is 39.4 Å². The number of carbonyl (C=O) groups is 1. The Balaban J connectivity index is 1.40. The van der Waals surface area contributed by atoms with E-state index in [2.05, 4.69) is 27.3 Å². The molecular weight excluding hydrogens is 414 g/mol. The first kappa shape index (κ1) is 21.3. The zero-order chi connectivity index (χ0) is 22.6. The molecule has 1 fully saturated rings. The van der Waals surface area contributed by atoms with Crippen LogP contribution >= 0.6 is 0 Å². The number of pyridine rings is 2. The van der Waals surface area contributed by atoms with Crippen molar-refractivity contribution in [2.45, 2.75) is 6.92 Å². The number of hydrogen-bond donors (Lipinski definition) is 1. The van der Waals surface area contributed by atoms with Crippen molar-refractivity contribution in [1.82, 2.24) is 24.6 Å². The van der Waals surface area contributed by atoms with Gasteiger partial charge in [0, 0.05) is 43.6 Å². The number of amides is 1. The number of aromatic nitrogens is 3. The summed E-state index contributed by atoms with van der Waals surface area (Å²) in [4.78, 5) is 24.3. The van der Waals surface area contributed by atoms with Crippen LogP contribution < -0.4 is 5.32 Å². The highest BCUT2D eigenvalue weighted by Crippen LogP contribution is 2.31. The molecule has 33 heavy (non-hydrogen) atoms. The summed E-state index contributed by atoms with van der Waals surface area (Å²) in [6.45, 7) is 6.72. The third kappa shape index (κ3) is 4.65. The molecule has 168 valence electrons. The summed E-state index contributed by atoms with van der Waals surface area (Å²) in [5.74, 6) is -0.124. The number of hydrogen-bond acceptors (Lipinski definition) is 5. The van der Waals surface area contributed by atoms with Gasteiger partial charge in [-0.15, -0.1) is 0 Å². The van der Waals surface area contributed by atoms with Gasteiger partial charge in [-0.05, 0) is 42.3 Å². The van der Waals surface area contributed by atoms with Crippen LogP contribution in [0.1, 0.15) is 16.2 Å². The molecule has 0 aliphatic carbocycles. The lowest BCUT2D eigenvalue weighted by molar-refractivity contribution is 0.0383. The second-order valence-corrected chi connectivity index (χ2v) is 8.21. The Bertz CT molecular complexity index is 1280. The van der Waals surface area contributed by atoms with Crippen LogP contribution in [0.5, 0.6) is 0 Å². The van der Waals surface area contributed by atoms with E-state index >= 15 is 0 Å². The molecule has 1 amide bonds. The summed E-state index contributed by atoms with van der Waals surface area (Å²) in [5, 5.41) is 3.03. The Morgan fingerprint density at radius 1 is 1.03 bits per heavy atom. The van der Waals surface area contributed by atoms with Crippen LogP contribution in [0.15, 0.2) is 67.0 Å². The molecule has 7 nitrogen and oxygen atoms in total. The molecule has 5 rings (SSSR count). The van der Waals surface area contributed by atoms with Crippen LogP contribution in [-0.2, 0) is 4.74 Å². The van der Waals surface area contributed by atoms with Gasteiger partial charge in [-0.2, -0.15) is 0 Å². The summed E-state index contributed by atoms with van der Waals surface area (Å²) in [5.41, 5.74) is 6.29. The molecule has 0 saturated carbocycles. The topological polar surface area (TPSA) is 71.8 Å². The molecule has 1 N–H and O–H groups in total. The Hall–Kier alpha value is -3.55. The fraction of sp³-hybridized carbons (Fsp3) is 0.269. The maximum atomic E-state index is 12.9. The van der Waals surface area contributed by atoms with Crippen LogP contribution in [-0.4, -0.2) is 64.6 Å². The molecule has 7 heteroatoms. The number of morpholine rings is 1. The molecule has 1 saturated heterocycles. The summed E-state index contributed by atoms with van der Waals surface area (Å²) in [6.07, 6.45) is 3.62. The van der Waals surface area contributed by atoms with Gasteiger partial charge in [0.1, 0.15) is 11.3 Å². The molecule has 1 aromatic carbocycles. The number of nitrogens with zero attached hydrogens (tertiary/aromatic N) is 4. The highest BCUT2D eigenvalue weighted by molar-refractivity contribution is 5.93. The fourth-order valence-electron chi connectivity index (χ4n) is 4.20. The fourth-order valence-corrected chi connectivity index (χ4v) is 4.20. The minimum absolute atomic E-state index is 0.124. The standard InChI is InChI=1S/C26H27N5O2/c1-19-5-4-8-23(29-19)22-7-3-2-6-21(22)20-9-10-25-28-17-24(31(25)18-20)26(32)27-11-12-30-13-15-33-16-14-30/h2-10,17-18H,11-16H2,1H3,(H,27,32). The average molecular weight is 442 g/mol. The van der Waals surface area contributed by atoms with Crippen LogP contribution in [0.25, 0.3) is 28.0 Å². The number of nitrogens with one attached hydrogen (secondary N) is 1. The molecule has 0 atom stereocenters. The summed E-state index contributed by atoms with van der Waals surface area (Å²) < 4.78 is 7.24. The molecule has 4 aromatic rings. The second-order valence-electron chi connectivity index (χ2n) is 8.21. The van der Waals surface area contributed by atoms with E-state index in [9.17, 15) is 4.79 Å². The minimum atomic E-state index is -0.124. The number of rotatable bonds is 6. The smallest absolute Gasteiger partial charge is 0.269 e. The molecular formula is C26H27N5O2. The minimum Gasteiger partial charge on any atom is -0.379 e. The monoisotopic (exact) mass is 441 g/mol. The van der Waals surface area contributed by atoms with Crippen molar-refractivity contribution in [3.05, 3.63) is 78.4 Å². The van der Waals surface area contributed by atoms with Crippen molar-refractivity contribution >= 4 is 11.6 Å². The number of fused-ring (bicyclic) bond motifs is 1. The predicted molar refractivity (Wildman–Crippen MR) is 128 cm³/mol. The number of benzene rings is 1. The van der Waals surface area contributed by atoms with E-state index in [1.807, 2.05) is 60.0 Å². The van der Waals surface area contributed by atoms with Gasteiger partial charge >= 0.3 is 0 Å². The van der Waals surface area contributed by atoms with Crippen molar-refractivity contribution in [1.29, 1.82) is 0 Å². The first-order chi connectivity index (χ1) is 16.2. The normalized spacial score (nSPS) is 14.5. The quantitative estimate of drug-likeness (QED) is 0.496. The maximum absolute atomic E-state index is 12.9. The Labute approximate surface area is 193 Å². The van der Waals surface area contributed by atoms with Crippen LogP contribution in [0.4, 0.5) is 0 Å². The molecule has 3 aromatic heterocycles. The Morgan fingerprint density at radius 2 is 1.85 bits per heavy atom. The van der Waals surface area contributed by atoms with E-state index in [4.69, 9.17) is 9.72 Å². The average Bonchev–Trinajstić information content (AvgIpc) is 3.28. The zero-order valence-electron chi connectivity index (χ0n) is 18.7. The molecule has 0 spiro atoms. The highest BCUT2D eigenvalue weighted by atomic mass is 16.5. The number of carbonyl (C=O) groups excluding carboxylic acids is 1. The van der Waals surface area contributed by atoms with Crippen LogP contribution in [0, 0.1) is 6.92 Å². The van der Waals surface area contributed by atoms with Crippen molar-refractivity contribution < 1.29 is 9.53 Å².